The minimum atomic E-state index is -0.743. The molecule has 0 aliphatic carbocycles. The van der Waals surface area contributed by atoms with Crippen molar-refractivity contribution in [3.63, 3.8) is 0 Å². The molecule has 0 amide bonds. The molecule has 0 bridgehead atoms. The molecular formula is C14H10BrF3O. The zero-order valence-corrected chi connectivity index (χ0v) is 11.6. The summed E-state index contributed by atoms with van der Waals surface area (Å²) < 4.78 is 46.1. The molecule has 0 unspecified atom stereocenters. The van der Waals surface area contributed by atoms with Crippen LogP contribution >= 0.6 is 15.9 Å². The molecule has 19 heavy (non-hydrogen) atoms. The lowest BCUT2D eigenvalue weighted by Crippen LogP contribution is -2.04. The highest BCUT2D eigenvalue weighted by molar-refractivity contribution is 9.10. The first-order valence-corrected chi connectivity index (χ1v) is 6.30. The maximum Gasteiger partial charge on any atom is 0.167 e. The summed E-state index contributed by atoms with van der Waals surface area (Å²) in [6.07, 6.45) is 0. The standard InChI is InChI=1S/C14H10BrF3O/c1-8-3-2-4-12(13(8)17)19-7-9-11(16)6-5-10(15)14(9)18/h2-6H,7H2,1H3. The van der Waals surface area contributed by atoms with E-state index in [0.29, 0.717) is 5.56 Å². The Balaban J connectivity index is 2.24. The van der Waals surface area contributed by atoms with E-state index >= 15 is 0 Å². The smallest absolute Gasteiger partial charge is 0.167 e. The van der Waals surface area contributed by atoms with Gasteiger partial charge in [-0.15, -0.1) is 0 Å². The van der Waals surface area contributed by atoms with E-state index in [-0.39, 0.29) is 22.4 Å². The van der Waals surface area contributed by atoms with Gasteiger partial charge in [-0.2, -0.15) is 0 Å². The maximum absolute atomic E-state index is 13.7. The van der Waals surface area contributed by atoms with Gasteiger partial charge in [0.15, 0.2) is 11.6 Å². The molecule has 2 rings (SSSR count). The van der Waals surface area contributed by atoms with Crippen LogP contribution in [-0.2, 0) is 6.61 Å². The third-order valence-corrected chi connectivity index (χ3v) is 3.28. The molecule has 0 fully saturated rings. The minimum absolute atomic E-state index is 0.0289. The monoisotopic (exact) mass is 330 g/mol. The Hall–Kier alpha value is -1.49. The summed E-state index contributed by atoms with van der Waals surface area (Å²) in [5.74, 6) is -2.03. The Morgan fingerprint density at radius 3 is 2.53 bits per heavy atom. The quantitative estimate of drug-likeness (QED) is 0.737. The number of aryl methyl sites for hydroxylation is 1. The zero-order valence-electron chi connectivity index (χ0n) is 10.0. The molecular weight excluding hydrogens is 321 g/mol. The van der Waals surface area contributed by atoms with Crippen LogP contribution in [0.1, 0.15) is 11.1 Å². The van der Waals surface area contributed by atoms with Gasteiger partial charge in [-0.05, 0) is 46.6 Å². The van der Waals surface area contributed by atoms with Crippen LogP contribution in [0.4, 0.5) is 13.2 Å². The minimum Gasteiger partial charge on any atom is -0.486 e. The van der Waals surface area contributed by atoms with E-state index in [9.17, 15) is 13.2 Å². The van der Waals surface area contributed by atoms with Gasteiger partial charge in [-0.25, -0.2) is 13.2 Å². The molecule has 0 N–H and O–H groups in total. The fourth-order valence-electron chi connectivity index (χ4n) is 1.58. The van der Waals surface area contributed by atoms with Crippen molar-refractivity contribution in [3.8, 4) is 5.75 Å². The van der Waals surface area contributed by atoms with Crippen molar-refractivity contribution in [2.24, 2.45) is 0 Å². The highest BCUT2D eigenvalue weighted by Gasteiger charge is 2.14. The fraction of sp³-hybridized carbons (Fsp3) is 0.143. The molecule has 0 aliphatic heterocycles. The number of halogens is 4. The van der Waals surface area contributed by atoms with Crippen molar-refractivity contribution >= 4 is 15.9 Å². The molecule has 0 spiro atoms. The molecule has 2 aromatic carbocycles. The van der Waals surface area contributed by atoms with Crippen LogP contribution in [0.15, 0.2) is 34.8 Å². The molecule has 1 nitrogen and oxygen atoms in total. The Bertz CT molecular complexity index is 614. The van der Waals surface area contributed by atoms with Gasteiger partial charge in [0.05, 0.1) is 10.0 Å². The van der Waals surface area contributed by atoms with E-state index in [1.54, 1.807) is 19.1 Å². The number of benzene rings is 2. The molecule has 0 saturated carbocycles. The summed E-state index contributed by atoms with van der Waals surface area (Å²) in [5, 5.41) is 0. The molecule has 2 aromatic rings. The molecule has 100 valence electrons. The van der Waals surface area contributed by atoms with Crippen LogP contribution in [0.5, 0.6) is 5.75 Å². The van der Waals surface area contributed by atoms with Crippen LogP contribution in [0, 0.1) is 24.4 Å². The Morgan fingerprint density at radius 1 is 1.05 bits per heavy atom. The zero-order chi connectivity index (χ0) is 14.0. The normalized spacial score (nSPS) is 10.6. The van der Waals surface area contributed by atoms with E-state index in [4.69, 9.17) is 4.74 Å². The predicted molar refractivity (Wildman–Crippen MR) is 69.5 cm³/mol. The third kappa shape index (κ3) is 2.92. The SMILES string of the molecule is Cc1cccc(OCc2c(F)ccc(Br)c2F)c1F. The van der Waals surface area contributed by atoms with Gasteiger partial charge in [0.25, 0.3) is 0 Å². The predicted octanol–water partition coefficient (Wildman–Crippen LogP) is 4.75. The van der Waals surface area contributed by atoms with Crippen molar-refractivity contribution in [1.29, 1.82) is 0 Å². The third-order valence-electron chi connectivity index (χ3n) is 2.67. The van der Waals surface area contributed by atoms with E-state index < -0.39 is 17.5 Å². The first-order chi connectivity index (χ1) is 9.00. The van der Waals surface area contributed by atoms with Crippen LogP contribution in [0.25, 0.3) is 0 Å². The maximum atomic E-state index is 13.7. The average molecular weight is 331 g/mol. The number of hydrogen-bond acceptors (Lipinski definition) is 1. The summed E-state index contributed by atoms with van der Waals surface area (Å²) >= 11 is 2.96. The number of rotatable bonds is 3. The Morgan fingerprint density at radius 2 is 1.79 bits per heavy atom. The van der Waals surface area contributed by atoms with Crippen molar-refractivity contribution in [2.75, 3.05) is 0 Å². The first kappa shape index (κ1) is 13.9. The number of ether oxygens (including phenoxy) is 1. The lowest BCUT2D eigenvalue weighted by atomic mass is 10.2. The van der Waals surface area contributed by atoms with Crippen molar-refractivity contribution < 1.29 is 17.9 Å². The average Bonchev–Trinajstić information content (AvgIpc) is 2.39. The second-order valence-corrected chi connectivity index (χ2v) is 4.85. The highest BCUT2D eigenvalue weighted by atomic mass is 79.9. The topological polar surface area (TPSA) is 9.23 Å². The largest absolute Gasteiger partial charge is 0.486 e. The fourth-order valence-corrected chi connectivity index (χ4v) is 1.95. The lowest BCUT2D eigenvalue weighted by Gasteiger charge is -2.10. The van der Waals surface area contributed by atoms with Crippen molar-refractivity contribution in [3.05, 3.63) is 63.4 Å². The van der Waals surface area contributed by atoms with Gasteiger partial charge in [-0.1, -0.05) is 12.1 Å². The Kier molecular flexibility index (Phi) is 4.14. The van der Waals surface area contributed by atoms with Crippen LogP contribution < -0.4 is 4.74 Å². The molecule has 0 saturated heterocycles. The highest BCUT2D eigenvalue weighted by Crippen LogP contribution is 2.25. The molecule has 0 atom stereocenters. The van der Waals surface area contributed by atoms with E-state index in [2.05, 4.69) is 15.9 Å². The Labute approximate surface area is 117 Å². The van der Waals surface area contributed by atoms with Crippen LogP contribution in [0.2, 0.25) is 0 Å². The lowest BCUT2D eigenvalue weighted by molar-refractivity contribution is 0.277. The van der Waals surface area contributed by atoms with E-state index in [1.165, 1.54) is 12.1 Å². The van der Waals surface area contributed by atoms with Gasteiger partial charge in [0.2, 0.25) is 0 Å². The second kappa shape index (κ2) is 5.65. The summed E-state index contributed by atoms with van der Waals surface area (Å²) in [4.78, 5) is 0. The van der Waals surface area contributed by atoms with Gasteiger partial charge in [-0.3, -0.25) is 0 Å². The van der Waals surface area contributed by atoms with E-state index in [0.717, 1.165) is 6.07 Å². The molecule has 5 heteroatoms. The summed E-state index contributed by atoms with van der Waals surface area (Å²) in [7, 11) is 0. The molecule has 0 heterocycles. The summed E-state index contributed by atoms with van der Waals surface area (Å²) in [5.41, 5.74) is 0.169. The summed E-state index contributed by atoms with van der Waals surface area (Å²) in [6, 6.07) is 7.00. The first-order valence-electron chi connectivity index (χ1n) is 5.51. The van der Waals surface area contributed by atoms with Crippen molar-refractivity contribution in [1.82, 2.24) is 0 Å². The van der Waals surface area contributed by atoms with E-state index in [1.807, 2.05) is 0 Å². The molecule has 0 radical (unpaired) electrons. The number of hydrogen-bond donors (Lipinski definition) is 0. The van der Waals surface area contributed by atoms with Gasteiger partial charge in [0, 0.05) is 0 Å². The van der Waals surface area contributed by atoms with Crippen molar-refractivity contribution in [2.45, 2.75) is 13.5 Å². The molecule has 0 aromatic heterocycles. The van der Waals surface area contributed by atoms with Crippen LogP contribution in [0.3, 0.4) is 0 Å². The van der Waals surface area contributed by atoms with Gasteiger partial charge < -0.3 is 4.74 Å². The summed E-state index contributed by atoms with van der Waals surface area (Å²) in [6.45, 7) is 1.21. The van der Waals surface area contributed by atoms with Crippen LogP contribution in [-0.4, -0.2) is 0 Å². The van der Waals surface area contributed by atoms with Gasteiger partial charge in [0.1, 0.15) is 18.2 Å². The molecule has 0 aliphatic rings. The second-order valence-electron chi connectivity index (χ2n) is 4.00. The van der Waals surface area contributed by atoms with Gasteiger partial charge >= 0.3 is 0 Å².